The molecule has 0 unspecified atom stereocenters. The quantitative estimate of drug-likeness (QED) is 0.581. The minimum Gasteiger partial charge on any atom is -0.467 e. The van der Waals surface area contributed by atoms with Crippen LogP contribution in [0.2, 0.25) is 5.02 Å². The molecule has 0 radical (unpaired) electrons. The first-order chi connectivity index (χ1) is 13.9. The Morgan fingerprint density at radius 1 is 1.07 bits per heavy atom. The maximum Gasteiger partial charge on any atom is 0.251 e. The van der Waals surface area contributed by atoms with E-state index in [9.17, 15) is 13.2 Å². The number of nitrogens with zero attached hydrogens (tertiary/aromatic N) is 1. The van der Waals surface area contributed by atoms with Crippen molar-refractivity contribution in [3.05, 3.63) is 88.8 Å². The Morgan fingerprint density at radius 2 is 1.76 bits per heavy atom. The Morgan fingerprint density at radius 3 is 2.34 bits per heavy atom. The number of halogens is 1. The zero-order valence-electron chi connectivity index (χ0n) is 15.8. The number of hydrogen-bond donors (Lipinski definition) is 1. The highest BCUT2D eigenvalue weighted by atomic mass is 35.5. The lowest BCUT2D eigenvalue weighted by Gasteiger charge is -2.21. The predicted molar refractivity (Wildman–Crippen MR) is 111 cm³/mol. The van der Waals surface area contributed by atoms with E-state index in [1.807, 2.05) is 0 Å². The van der Waals surface area contributed by atoms with E-state index in [2.05, 4.69) is 5.32 Å². The molecular formula is C21H21ClN2O4S. The third-order valence-electron chi connectivity index (χ3n) is 4.38. The predicted octanol–water partition coefficient (Wildman–Crippen LogP) is 4.07. The lowest BCUT2D eigenvalue weighted by molar-refractivity contribution is 0.0948. The number of amides is 1. The van der Waals surface area contributed by atoms with Gasteiger partial charge in [0, 0.05) is 23.7 Å². The lowest BCUT2D eigenvalue weighted by atomic mass is 10.1. The van der Waals surface area contributed by atoms with Gasteiger partial charge in [-0.3, -0.25) is 4.79 Å². The van der Waals surface area contributed by atoms with Crippen LogP contribution in [0.3, 0.4) is 0 Å². The molecule has 0 atom stereocenters. The molecule has 1 heterocycles. The van der Waals surface area contributed by atoms with Crippen LogP contribution in [-0.2, 0) is 23.1 Å². The van der Waals surface area contributed by atoms with E-state index in [-0.39, 0.29) is 17.3 Å². The van der Waals surface area contributed by atoms with Crippen LogP contribution >= 0.6 is 11.6 Å². The first-order valence-corrected chi connectivity index (χ1v) is 10.9. The zero-order valence-corrected chi connectivity index (χ0v) is 17.4. The molecule has 0 saturated carbocycles. The molecule has 3 rings (SSSR count). The van der Waals surface area contributed by atoms with Crippen molar-refractivity contribution in [1.82, 2.24) is 9.62 Å². The number of benzene rings is 2. The minimum absolute atomic E-state index is 0.192. The van der Waals surface area contributed by atoms with Crippen LogP contribution in [0, 0.1) is 0 Å². The van der Waals surface area contributed by atoms with Crippen molar-refractivity contribution in [3.63, 3.8) is 0 Å². The van der Waals surface area contributed by atoms with Gasteiger partial charge in [-0.1, -0.05) is 30.7 Å². The fourth-order valence-corrected chi connectivity index (χ4v) is 4.33. The second-order valence-corrected chi connectivity index (χ2v) is 8.72. The summed E-state index contributed by atoms with van der Waals surface area (Å²) in [5.74, 6) is 0.440. The molecule has 8 heteroatoms. The van der Waals surface area contributed by atoms with Crippen molar-refractivity contribution >= 4 is 27.5 Å². The van der Waals surface area contributed by atoms with E-state index in [4.69, 9.17) is 16.0 Å². The van der Waals surface area contributed by atoms with Crippen LogP contribution in [0.25, 0.3) is 0 Å². The smallest absolute Gasteiger partial charge is 0.251 e. The summed E-state index contributed by atoms with van der Waals surface area (Å²) in [5, 5.41) is 3.25. The van der Waals surface area contributed by atoms with Crippen molar-refractivity contribution in [2.75, 3.05) is 6.54 Å². The summed E-state index contributed by atoms with van der Waals surface area (Å²) >= 11 is 5.85. The van der Waals surface area contributed by atoms with Crippen molar-refractivity contribution < 1.29 is 17.6 Å². The summed E-state index contributed by atoms with van der Waals surface area (Å²) in [5.41, 5.74) is 1.27. The van der Waals surface area contributed by atoms with E-state index in [0.717, 1.165) is 5.56 Å². The molecule has 6 nitrogen and oxygen atoms in total. The molecule has 0 aliphatic carbocycles. The number of carbonyl (C=O) groups excluding carboxylic acids is 1. The molecule has 0 aliphatic rings. The Balaban J connectivity index is 1.67. The molecule has 1 aromatic heterocycles. The second-order valence-electron chi connectivity index (χ2n) is 6.34. The molecule has 2 aromatic carbocycles. The molecular weight excluding hydrogens is 412 g/mol. The van der Waals surface area contributed by atoms with Gasteiger partial charge in [-0.2, -0.15) is 4.31 Å². The number of nitrogens with one attached hydrogen (secondary N) is 1. The van der Waals surface area contributed by atoms with Gasteiger partial charge in [0.1, 0.15) is 5.76 Å². The molecule has 152 valence electrons. The average molecular weight is 433 g/mol. The molecule has 0 fully saturated rings. The Labute approximate surface area is 175 Å². The van der Waals surface area contributed by atoms with E-state index >= 15 is 0 Å². The van der Waals surface area contributed by atoms with Crippen LogP contribution in [0.15, 0.2) is 76.2 Å². The lowest BCUT2D eigenvalue weighted by Crippen LogP contribution is -2.30. The summed E-state index contributed by atoms with van der Waals surface area (Å²) < 4.78 is 32.3. The van der Waals surface area contributed by atoms with Gasteiger partial charge >= 0.3 is 0 Å². The van der Waals surface area contributed by atoms with Crippen molar-refractivity contribution in [2.24, 2.45) is 0 Å². The molecule has 0 bridgehead atoms. The van der Waals surface area contributed by atoms with Gasteiger partial charge < -0.3 is 9.73 Å². The third kappa shape index (κ3) is 5.26. The van der Waals surface area contributed by atoms with Gasteiger partial charge in [-0.05, 0) is 54.1 Å². The minimum atomic E-state index is -3.64. The van der Waals surface area contributed by atoms with Crippen molar-refractivity contribution in [3.8, 4) is 0 Å². The number of furan rings is 1. The Kier molecular flexibility index (Phi) is 6.74. The topological polar surface area (TPSA) is 79.6 Å². The molecule has 29 heavy (non-hydrogen) atoms. The van der Waals surface area contributed by atoms with E-state index < -0.39 is 10.0 Å². The van der Waals surface area contributed by atoms with Gasteiger partial charge in [-0.25, -0.2) is 8.42 Å². The first-order valence-electron chi connectivity index (χ1n) is 9.05. The Hall–Kier alpha value is -2.61. The monoisotopic (exact) mass is 432 g/mol. The summed E-state index contributed by atoms with van der Waals surface area (Å²) in [6.07, 6.45) is 1.55. The van der Waals surface area contributed by atoms with E-state index in [1.54, 1.807) is 61.7 Å². The van der Waals surface area contributed by atoms with Crippen LogP contribution in [0.1, 0.15) is 28.6 Å². The third-order valence-corrected chi connectivity index (χ3v) is 6.57. The SMILES string of the molecule is CCN(Cc1ccc(C(=O)NCc2ccco2)cc1)S(=O)(=O)c1ccc(Cl)cc1. The maximum atomic E-state index is 12.9. The highest BCUT2D eigenvalue weighted by Crippen LogP contribution is 2.20. The number of carbonyl (C=O) groups is 1. The highest BCUT2D eigenvalue weighted by Gasteiger charge is 2.23. The van der Waals surface area contributed by atoms with E-state index in [0.29, 0.717) is 29.4 Å². The average Bonchev–Trinajstić information content (AvgIpc) is 3.24. The molecule has 1 amide bonds. The maximum absolute atomic E-state index is 12.9. The number of sulfonamides is 1. The number of hydrogen-bond acceptors (Lipinski definition) is 4. The van der Waals surface area contributed by atoms with Gasteiger partial charge in [-0.15, -0.1) is 0 Å². The molecule has 0 aliphatic heterocycles. The van der Waals surface area contributed by atoms with Gasteiger partial charge in [0.2, 0.25) is 10.0 Å². The fraction of sp³-hybridized carbons (Fsp3) is 0.190. The molecule has 0 saturated heterocycles. The van der Waals surface area contributed by atoms with Crippen molar-refractivity contribution in [1.29, 1.82) is 0 Å². The first kappa shape index (κ1) is 21.1. The fourth-order valence-electron chi connectivity index (χ4n) is 2.77. The summed E-state index contributed by atoms with van der Waals surface area (Å²) in [6.45, 7) is 2.60. The van der Waals surface area contributed by atoms with Gasteiger partial charge in [0.25, 0.3) is 5.91 Å². The highest BCUT2D eigenvalue weighted by molar-refractivity contribution is 7.89. The normalized spacial score (nSPS) is 11.6. The van der Waals surface area contributed by atoms with Crippen molar-refractivity contribution in [2.45, 2.75) is 24.9 Å². The van der Waals surface area contributed by atoms with Crippen LogP contribution in [0.5, 0.6) is 0 Å². The molecule has 3 aromatic rings. The number of rotatable bonds is 8. The van der Waals surface area contributed by atoms with Gasteiger partial charge in [0.15, 0.2) is 0 Å². The second kappa shape index (κ2) is 9.26. The largest absolute Gasteiger partial charge is 0.467 e. The summed E-state index contributed by atoms with van der Waals surface area (Å²) in [4.78, 5) is 12.4. The van der Waals surface area contributed by atoms with Crippen LogP contribution in [-0.4, -0.2) is 25.2 Å². The van der Waals surface area contributed by atoms with E-state index in [1.165, 1.54) is 16.4 Å². The standard InChI is InChI=1S/C21H21ClN2O4S/c1-2-24(29(26,27)20-11-9-18(22)10-12-20)15-16-5-7-17(8-6-16)21(25)23-14-19-4-3-13-28-19/h3-13H,2,14-15H2,1H3,(H,23,25). The zero-order chi connectivity index (χ0) is 20.9. The van der Waals surface area contributed by atoms with Gasteiger partial charge in [0.05, 0.1) is 17.7 Å². The Bertz CT molecular complexity index is 1050. The summed E-state index contributed by atoms with van der Waals surface area (Å²) in [6, 6.07) is 16.5. The van der Waals surface area contributed by atoms with Crippen LogP contribution in [0.4, 0.5) is 0 Å². The molecule has 1 N–H and O–H groups in total. The summed E-state index contributed by atoms with van der Waals surface area (Å²) in [7, 11) is -3.64. The molecule has 0 spiro atoms. The van der Waals surface area contributed by atoms with Crippen LogP contribution < -0.4 is 5.32 Å².